The second-order valence-corrected chi connectivity index (χ2v) is 9.83. The zero-order valence-corrected chi connectivity index (χ0v) is 19.0. The van der Waals surface area contributed by atoms with Gasteiger partial charge < -0.3 is 5.32 Å². The molecule has 0 saturated heterocycles. The van der Waals surface area contributed by atoms with E-state index in [4.69, 9.17) is 0 Å². The molecule has 9 heteroatoms. The lowest BCUT2D eigenvalue weighted by Crippen LogP contribution is -2.29. The number of halogens is 1. The molecule has 2 heterocycles. The third-order valence-corrected chi connectivity index (χ3v) is 6.49. The van der Waals surface area contributed by atoms with Crippen molar-refractivity contribution in [3.8, 4) is 5.69 Å². The Bertz CT molecular complexity index is 1420. The lowest BCUT2D eigenvalue weighted by Gasteiger charge is -2.19. The first-order valence-electron chi connectivity index (χ1n) is 10.5. The first kappa shape index (κ1) is 22.6. The standard InChI is InChI=1S/C24H23FN4O3S/c1-3-5-22(16-6-4-7-19(12-16)33(2,31)32)28-24(30)21-13-26-15-23-20(21)14-27-29(23)18-10-8-17(25)9-11-18/h4,6-15,22H,3,5H2,1-2H3,(H,28,30)/t22-/m0/s1. The second kappa shape index (κ2) is 9.11. The number of pyridine rings is 1. The maximum Gasteiger partial charge on any atom is 0.254 e. The summed E-state index contributed by atoms with van der Waals surface area (Å²) >= 11 is 0. The van der Waals surface area contributed by atoms with Crippen LogP contribution in [0, 0.1) is 5.82 Å². The van der Waals surface area contributed by atoms with Gasteiger partial charge in [0.25, 0.3) is 5.91 Å². The number of hydrogen-bond donors (Lipinski definition) is 1. The van der Waals surface area contributed by atoms with Crippen molar-refractivity contribution in [1.82, 2.24) is 20.1 Å². The van der Waals surface area contributed by atoms with Crippen LogP contribution in [0.25, 0.3) is 16.6 Å². The van der Waals surface area contributed by atoms with Crippen molar-refractivity contribution in [3.05, 3.63) is 84.1 Å². The molecule has 1 N–H and O–H groups in total. The van der Waals surface area contributed by atoms with Crippen molar-refractivity contribution < 1.29 is 17.6 Å². The average molecular weight is 467 g/mol. The fourth-order valence-corrected chi connectivity index (χ4v) is 4.40. The molecule has 170 valence electrons. The normalized spacial score (nSPS) is 12.6. The summed E-state index contributed by atoms with van der Waals surface area (Å²) < 4.78 is 38.8. The summed E-state index contributed by atoms with van der Waals surface area (Å²) in [5, 5.41) is 7.98. The molecule has 0 aliphatic carbocycles. The molecular weight excluding hydrogens is 443 g/mol. The molecule has 7 nitrogen and oxygen atoms in total. The number of sulfone groups is 1. The fourth-order valence-electron chi connectivity index (χ4n) is 3.72. The molecule has 0 spiro atoms. The van der Waals surface area contributed by atoms with Gasteiger partial charge in [-0.25, -0.2) is 17.5 Å². The Kier molecular flexibility index (Phi) is 6.24. The highest BCUT2D eigenvalue weighted by Crippen LogP contribution is 2.25. The molecule has 0 bridgehead atoms. The Labute approximate surface area is 191 Å². The van der Waals surface area contributed by atoms with Gasteiger partial charge in [-0.3, -0.25) is 9.78 Å². The van der Waals surface area contributed by atoms with Crippen molar-refractivity contribution in [2.24, 2.45) is 0 Å². The largest absolute Gasteiger partial charge is 0.345 e. The van der Waals surface area contributed by atoms with E-state index in [1.807, 2.05) is 6.92 Å². The van der Waals surface area contributed by atoms with E-state index in [0.29, 0.717) is 28.6 Å². The molecule has 1 amide bonds. The first-order valence-corrected chi connectivity index (χ1v) is 12.4. The Morgan fingerprint density at radius 3 is 2.58 bits per heavy atom. The summed E-state index contributed by atoms with van der Waals surface area (Å²) in [4.78, 5) is 17.6. The smallest absolute Gasteiger partial charge is 0.254 e. The molecule has 2 aromatic heterocycles. The third-order valence-electron chi connectivity index (χ3n) is 5.38. The lowest BCUT2D eigenvalue weighted by atomic mass is 10.0. The van der Waals surface area contributed by atoms with Gasteiger partial charge in [-0.15, -0.1) is 0 Å². The van der Waals surface area contributed by atoms with Crippen LogP contribution in [0.1, 0.15) is 41.7 Å². The molecule has 4 rings (SSSR count). The van der Waals surface area contributed by atoms with E-state index in [-0.39, 0.29) is 22.7 Å². The summed E-state index contributed by atoms with van der Waals surface area (Å²) in [6.07, 6.45) is 7.24. The Balaban J connectivity index is 1.67. The summed E-state index contributed by atoms with van der Waals surface area (Å²) in [7, 11) is -3.37. The highest BCUT2D eigenvalue weighted by Gasteiger charge is 2.20. The van der Waals surface area contributed by atoms with Crippen LogP contribution in [0.3, 0.4) is 0 Å². The van der Waals surface area contributed by atoms with E-state index in [9.17, 15) is 17.6 Å². The molecule has 0 aliphatic heterocycles. The number of fused-ring (bicyclic) bond motifs is 1. The van der Waals surface area contributed by atoms with Crippen molar-refractivity contribution in [2.45, 2.75) is 30.7 Å². The van der Waals surface area contributed by atoms with Crippen LogP contribution in [-0.2, 0) is 9.84 Å². The van der Waals surface area contributed by atoms with Crippen molar-refractivity contribution in [1.29, 1.82) is 0 Å². The number of benzene rings is 2. The van der Waals surface area contributed by atoms with Gasteiger partial charge in [-0.2, -0.15) is 5.10 Å². The van der Waals surface area contributed by atoms with Crippen LogP contribution in [0.2, 0.25) is 0 Å². The number of amides is 1. The van der Waals surface area contributed by atoms with Crippen molar-refractivity contribution >= 4 is 26.6 Å². The molecule has 0 aliphatic rings. The quantitative estimate of drug-likeness (QED) is 0.440. The van der Waals surface area contributed by atoms with Gasteiger partial charge in [0.2, 0.25) is 0 Å². The number of carbonyl (C=O) groups excluding carboxylic acids is 1. The van der Waals surface area contributed by atoms with E-state index in [0.717, 1.165) is 18.2 Å². The fraction of sp³-hybridized carbons (Fsp3) is 0.208. The van der Waals surface area contributed by atoms with Crippen molar-refractivity contribution in [2.75, 3.05) is 6.26 Å². The predicted molar refractivity (Wildman–Crippen MR) is 123 cm³/mol. The van der Waals surface area contributed by atoms with Crippen LogP contribution in [-0.4, -0.2) is 35.3 Å². The highest BCUT2D eigenvalue weighted by molar-refractivity contribution is 7.90. The van der Waals surface area contributed by atoms with Gasteiger partial charge in [-0.1, -0.05) is 25.5 Å². The summed E-state index contributed by atoms with van der Waals surface area (Å²) in [5.74, 6) is -0.690. The number of nitrogens with one attached hydrogen (secondary N) is 1. The number of rotatable bonds is 7. The number of carbonyl (C=O) groups is 1. The zero-order chi connectivity index (χ0) is 23.6. The van der Waals surface area contributed by atoms with Gasteiger partial charge in [0.1, 0.15) is 5.82 Å². The maximum absolute atomic E-state index is 13.3. The predicted octanol–water partition coefficient (Wildman–Crippen LogP) is 4.23. The zero-order valence-electron chi connectivity index (χ0n) is 18.2. The van der Waals surface area contributed by atoms with E-state index < -0.39 is 9.84 Å². The Morgan fingerprint density at radius 2 is 1.88 bits per heavy atom. The van der Waals surface area contributed by atoms with E-state index in [1.165, 1.54) is 24.4 Å². The van der Waals surface area contributed by atoms with Crippen LogP contribution >= 0.6 is 0 Å². The number of hydrogen-bond acceptors (Lipinski definition) is 5. The summed E-state index contributed by atoms with van der Waals surface area (Å²) in [6, 6.07) is 12.1. The lowest BCUT2D eigenvalue weighted by molar-refractivity contribution is 0.0935. The van der Waals surface area contributed by atoms with Gasteiger partial charge in [0, 0.05) is 17.8 Å². The third kappa shape index (κ3) is 4.78. The van der Waals surface area contributed by atoms with Crippen LogP contribution in [0.15, 0.2) is 72.0 Å². The van der Waals surface area contributed by atoms with Crippen LogP contribution in [0.4, 0.5) is 4.39 Å². The van der Waals surface area contributed by atoms with Crippen LogP contribution < -0.4 is 5.32 Å². The van der Waals surface area contributed by atoms with Gasteiger partial charge in [0.15, 0.2) is 9.84 Å². The first-order chi connectivity index (χ1) is 15.8. The molecule has 0 saturated carbocycles. The van der Waals surface area contributed by atoms with Crippen molar-refractivity contribution in [3.63, 3.8) is 0 Å². The molecule has 1 atom stereocenters. The number of nitrogens with zero attached hydrogens (tertiary/aromatic N) is 3. The monoisotopic (exact) mass is 466 g/mol. The molecule has 0 fully saturated rings. The summed E-state index contributed by atoms with van der Waals surface area (Å²) in [5.41, 5.74) is 2.32. The minimum Gasteiger partial charge on any atom is -0.345 e. The number of aromatic nitrogens is 3. The Morgan fingerprint density at radius 1 is 1.12 bits per heavy atom. The average Bonchev–Trinajstić information content (AvgIpc) is 3.23. The molecule has 2 aromatic carbocycles. The topological polar surface area (TPSA) is 93.9 Å². The molecule has 4 aromatic rings. The molecule has 0 radical (unpaired) electrons. The van der Waals surface area contributed by atoms with E-state index in [1.54, 1.807) is 47.4 Å². The van der Waals surface area contributed by atoms with Gasteiger partial charge in [-0.05, 0) is 48.4 Å². The second-order valence-electron chi connectivity index (χ2n) is 7.81. The summed E-state index contributed by atoms with van der Waals surface area (Å²) in [6.45, 7) is 1.99. The minimum atomic E-state index is -3.37. The van der Waals surface area contributed by atoms with Gasteiger partial charge in [0.05, 0.1) is 40.1 Å². The minimum absolute atomic E-state index is 0.208. The molecule has 0 unspecified atom stereocenters. The van der Waals surface area contributed by atoms with E-state index in [2.05, 4.69) is 15.4 Å². The maximum atomic E-state index is 13.3. The SMILES string of the molecule is CCC[C@H](NC(=O)c1cncc2c1cnn2-c1ccc(F)cc1)c1cccc(S(C)(=O)=O)c1. The highest BCUT2D eigenvalue weighted by atomic mass is 32.2. The van der Waals surface area contributed by atoms with E-state index >= 15 is 0 Å². The molecule has 33 heavy (non-hydrogen) atoms. The van der Waals surface area contributed by atoms with Crippen LogP contribution in [0.5, 0.6) is 0 Å². The van der Waals surface area contributed by atoms with Gasteiger partial charge >= 0.3 is 0 Å². The Hall–Kier alpha value is -3.59. The molecular formula is C24H23FN4O3S.